The van der Waals surface area contributed by atoms with Gasteiger partial charge in [-0.3, -0.25) is 14.4 Å². The van der Waals surface area contributed by atoms with E-state index in [1.54, 1.807) is 7.11 Å². The fourth-order valence-electron chi connectivity index (χ4n) is 10.4. The topological polar surface area (TPSA) is 99.6 Å². The molecule has 4 aliphatic rings. The normalized spacial score (nSPS) is 25.0. The summed E-state index contributed by atoms with van der Waals surface area (Å²) in [4.78, 5) is 48.5. The number of fused-ring (bicyclic) bond motifs is 3. The molecule has 0 radical (unpaired) electrons. The summed E-state index contributed by atoms with van der Waals surface area (Å²) in [5.74, 6) is 0.505. The van der Waals surface area contributed by atoms with Crippen molar-refractivity contribution >= 4 is 42.4 Å². The van der Waals surface area contributed by atoms with Gasteiger partial charge in [0.1, 0.15) is 5.75 Å². The van der Waals surface area contributed by atoms with Gasteiger partial charge < -0.3 is 29.3 Å². The van der Waals surface area contributed by atoms with Gasteiger partial charge in [0.15, 0.2) is 5.60 Å². The highest BCUT2D eigenvalue weighted by Crippen LogP contribution is 2.60. The summed E-state index contributed by atoms with van der Waals surface area (Å²) >= 11 is 0. The molecule has 3 amide bonds. The summed E-state index contributed by atoms with van der Waals surface area (Å²) in [6, 6.07) is 32.1. The first kappa shape index (κ1) is 39.1. The first-order chi connectivity index (χ1) is 27.6. The van der Waals surface area contributed by atoms with Crippen LogP contribution in [0.25, 0.3) is 0 Å². The van der Waals surface area contributed by atoms with Crippen LogP contribution in [-0.2, 0) is 44.2 Å². The minimum absolute atomic E-state index is 0.0727. The van der Waals surface area contributed by atoms with Gasteiger partial charge in [-0.15, -0.1) is 0 Å². The number of ether oxygens (including phenoxy) is 2. The first-order valence-corrected chi connectivity index (χ1v) is 23.7. The Bertz CT molecular complexity index is 2120. The SMILES string of the molecule is COc1ccc([Si](C)(C)[C@@H]2[C@@H](CC(=O)N3Cc4ccccc4C[C@H]3CO)O[C@]3(C(=O)N(Cc4ccc(N5CCCCCCC5=O)cc4)c4ccccc43)[C@H]2C)cc1. The van der Waals surface area contributed by atoms with Crippen LogP contribution >= 0.6 is 0 Å². The molecule has 5 atom stereocenters. The number of carbonyl (C=O) groups excluding carboxylic acids is 3. The van der Waals surface area contributed by atoms with Crippen LogP contribution in [0.1, 0.15) is 67.7 Å². The van der Waals surface area contributed by atoms with Crippen LogP contribution in [-0.4, -0.2) is 68.2 Å². The smallest absolute Gasteiger partial charge is 0.264 e. The molecule has 0 unspecified atom stereocenters. The van der Waals surface area contributed by atoms with Crippen molar-refractivity contribution in [3.63, 3.8) is 0 Å². The number of hydrogen-bond acceptors (Lipinski definition) is 6. The Hall–Kier alpha value is -4.77. The molecule has 0 bridgehead atoms. The molecule has 8 rings (SSSR count). The molecule has 1 N–H and O–H groups in total. The highest BCUT2D eigenvalue weighted by Gasteiger charge is 2.66. The molecule has 0 saturated carbocycles. The van der Waals surface area contributed by atoms with Crippen molar-refractivity contribution in [1.29, 1.82) is 0 Å². The van der Waals surface area contributed by atoms with Gasteiger partial charge >= 0.3 is 0 Å². The number of amides is 3. The quantitative estimate of drug-likeness (QED) is 0.182. The second-order valence-corrected chi connectivity index (χ2v) is 21.7. The lowest BCUT2D eigenvalue weighted by Crippen LogP contribution is -2.52. The maximum atomic E-state index is 15.3. The first-order valence-electron chi connectivity index (χ1n) is 20.7. The Morgan fingerprint density at radius 2 is 1.60 bits per heavy atom. The van der Waals surface area contributed by atoms with Gasteiger partial charge in [-0.05, 0) is 71.8 Å². The van der Waals surface area contributed by atoms with Crippen molar-refractivity contribution in [3.05, 3.63) is 119 Å². The minimum atomic E-state index is -2.49. The van der Waals surface area contributed by atoms with E-state index in [0.717, 1.165) is 71.6 Å². The summed E-state index contributed by atoms with van der Waals surface area (Å²) in [6.45, 7) is 8.17. The third-order valence-corrected chi connectivity index (χ3v) is 17.8. The number of benzene rings is 4. The third-order valence-electron chi connectivity index (χ3n) is 13.4. The molecule has 10 heteroatoms. The van der Waals surface area contributed by atoms with Crippen molar-refractivity contribution in [2.45, 2.75) is 101 Å². The Labute approximate surface area is 337 Å². The number of nitrogens with zero attached hydrogens (tertiary/aromatic N) is 3. The average Bonchev–Trinajstić information content (AvgIpc) is 3.65. The number of aliphatic hydroxyl groups excluding tert-OH is 1. The second-order valence-electron chi connectivity index (χ2n) is 17.0. The molecule has 0 aliphatic carbocycles. The van der Waals surface area contributed by atoms with E-state index in [2.05, 4.69) is 44.3 Å². The molecule has 4 aliphatic heterocycles. The van der Waals surface area contributed by atoms with Crippen LogP contribution in [0, 0.1) is 5.92 Å². The summed E-state index contributed by atoms with van der Waals surface area (Å²) < 4.78 is 12.8. The molecule has 2 fully saturated rings. The van der Waals surface area contributed by atoms with E-state index < -0.39 is 19.8 Å². The van der Waals surface area contributed by atoms with Crippen LogP contribution in [0.2, 0.25) is 18.6 Å². The van der Waals surface area contributed by atoms with Crippen LogP contribution in [0.15, 0.2) is 97.1 Å². The van der Waals surface area contributed by atoms with Gasteiger partial charge in [-0.1, -0.05) is 105 Å². The van der Waals surface area contributed by atoms with Crippen LogP contribution < -0.4 is 19.7 Å². The van der Waals surface area contributed by atoms with Crippen LogP contribution in [0.3, 0.4) is 0 Å². The monoisotopic (exact) mass is 785 g/mol. The Kier molecular flexibility index (Phi) is 10.9. The van der Waals surface area contributed by atoms with E-state index in [9.17, 15) is 14.7 Å². The zero-order valence-corrected chi connectivity index (χ0v) is 34.7. The lowest BCUT2D eigenvalue weighted by atomic mass is 9.82. The van der Waals surface area contributed by atoms with Crippen LogP contribution in [0.5, 0.6) is 5.75 Å². The molecule has 4 aromatic rings. The van der Waals surface area contributed by atoms with E-state index in [4.69, 9.17) is 9.47 Å². The van der Waals surface area contributed by atoms with Crippen LogP contribution in [0.4, 0.5) is 11.4 Å². The zero-order valence-electron chi connectivity index (χ0n) is 33.7. The number of aliphatic hydroxyl groups is 1. The molecule has 57 heavy (non-hydrogen) atoms. The molecule has 0 aromatic heterocycles. The van der Waals surface area contributed by atoms with Gasteiger partial charge in [0, 0.05) is 36.7 Å². The maximum absolute atomic E-state index is 15.3. The number of anilines is 2. The van der Waals surface area contributed by atoms with Crippen molar-refractivity contribution in [1.82, 2.24) is 4.90 Å². The molecule has 1 spiro atoms. The Morgan fingerprint density at radius 3 is 2.33 bits per heavy atom. The standard InChI is InChI=1S/C47H55N3O6Si/c1-32-45(57(3,4)39-24-22-38(55-2)23-25-39)42(28-44(53)49-30-35-14-9-8-13-34(35)27-37(49)31-51)56-47(32)40-15-10-11-16-41(40)50(46(47)54)29-33-18-20-36(21-19-33)48-26-12-6-5-7-17-43(48)52/h8-11,13-16,18-25,32,37,42,45,51H,5-7,12,17,26-31H2,1-4H3/t32-,37-,42+,45-,47+/m0/s1. The molecule has 4 aromatic carbocycles. The average molecular weight is 786 g/mol. The summed E-state index contributed by atoms with van der Waals surface area (Å²) in [7, 11) is -0.825. The number of hydrogen-bond donors (Lipinski definition) is 1. The summed E-state index contributed by atoms with van der Waals surface area (Å²) in [5.41, 5.74) is 4.37. The van der Waals surface area contributed by atoms with E-state index in [1.165, 1.54) is 5.19 Å². The van der Waals surface area contributed by atoms with Gasteiger partial charge in [0.05, 0.1) is 52.6 Å². The van der Waals surface area contributed by atoms with Gasteiger partial charge in [-0.25, -0.2) is 0 Å². The number of para-hydroxylation sites is 1. The van der Waals surface area contributed by atoms with Crippen molar-refractivity contribution < 1.29 is 29.0 Å². The van der Waals surface area contributed by atoms with Gasteiger partial charge in [0.2, 0.25) is 11.8 Å². The zero-order chi connectivity index (χ0) is 39.9. The fraction of sp³-hybridized carbons (Fsp3) is 0.426. The predicted octanol–water partition coefficient (Wildman–Crippen LogP) is 7.09. The summed E-state index contributed by atoms with van der Waals surface area (Å²) in [5, 5.41) is 11.7. The molecular formula is C47H55N3O6Si. The van der Waals surface area contributed by atoms with E-state index >= 15 is 4.79 Å². The van der Waals surface area contributed by atoms with Gasteiger partial charge in [-0.2, -0.15) is 0 Å². The molecule has 298 valence electrons. The summed E-state index contributed by atoms with van der Waals surface area (Å²) in [6.07, 6.45) is 4.88. The Morgan fingerprint density at radius 1 is 0.895 bits per heavy atom. The van der Waals surface area contributed by atoms with E-state index in [-0.39, 0.29) is 48.3 Å². The lowest BCUT2D eigenvalue weighted by molar-refractivity contribution is -0.151. The highest BCUT2D eigenvalue weighted by molar-refractivity contribution is 6.91. The van der Waals surface area contributed by atoms with Crippen molar-refractivity contribution in [2.75, 3.05) is 30.1 Å². The number of methoxy groups -OCH3 is 1. The molecule has 9 nitrogen and oxygen atoms in total. The van der Waals surface area contributed by atoms with E-state index in [1.807, 2.05) is 87.5 Å². The Balaban J connectivity index is 1.13. The van der Waals surface area contributed by atoms with Gasteiger partial charge in [0.25, 0.3) is 5.91 Å². The third kappa shape index (κ3) is 6.99. The highest BCUT2D eigenvalue weighted by atomic mass is 28.3. The molecule has 4 heterocycles. The molecule has 2 saturated heterocycles. The van der Waals surface area contributed by atoms with Crippen molar-refractivity contribution in [3.8, 4) is 5.75 Å². The predicted molar refractivity (Wildman–Crippen MR) is 225 cm³/mol. The largest absolute Gasteiger partial charge is 0.497 e. The van der Waals surface area contributed by atoms with E-state index in [0.29, 0.717) is 25.9 Å². The maximum Gasteiger partial charge on any atom is 0.264 e. The van der Waals surface area contributed by atoms with Crippen molar-refractivity contribution in [2.24, 2.45) is 5.92 Å². The fourth-order valence-corrected chi connectivity index (χ4v) is 14.4. The second kappa shape index (κ2) is 15.9. The molecular weight excluding hydrogens is 731 g/mol. The number of carbonyl (C=O) groups is 3. The number of rotatable bonds is 9. The lowest BCUT2D eigenvalue weighted by Gasteiger charge is -2.39. The minimum Gasteiger partial charge on any atom is -0.497 e.